The van der Waals surface area contributed by atoms with Crippen molar-refractivity contribution < 1.29 is 14.3 Å². The number of carbonyl (C=O) groups is 1. The van der Waals surface area contributed by atoms with Gasteiger partial charge in [0, 0.05) is 12.6 Å². The zero-order chi connectivity index (χ0) is 14.4. The van der Waals surface area contributed by atoms with Gasteiger partial charge < -0.3 is 14.8 Å². The van der Waals surface area contributed by atoms with Gasteiger partial charge in [-0.05, 0) is 48.5 Å². The Balaban J connectivity index is 2.02. The minimum Gasteiger partial charge on any atom is -0.457 e. The number of nitrogens with one attached hydrogen (secondary N) is 1. The zero-order valence-electron chi connectivity index (χ0n) is 10.8. The second kappa shape index (κ2) is 6.25. The van der Waals surface area contributed by atoms with Crippen LogP contribution in [0.4, 0.5) is 5.69 Å². The first kappa shape index (κ1) is 13.4. The average molecular weight is 268 g/mol. The molecule has 1 amide bonds. The van der Waals surface area contributed by atoms with E-state index in [9.17, 15) is 4.79 Å². The molecule has 0 bridgehead atoms. The molecule has 0 saturated carbocycles. The van der Waals surface area contributed by atoms with E-state index in [0.717, 1.165) is 0 Å². The fourth-order valence-corrected chi connectivity index (χ4v) is 1.57. The number of amides is 1. The van der Waals surface area contributed by atoms with Crippen LogP contribution in [-0.2, 0) is 4.79 Å². The summed E-state index contributed by atoms with van der Waals surface area (Å²) in [7, 11) is 0. The molecule has 0 saturated heterocycles. The Morgan fingerprint density at radius 1 is 1.00 bits per heavy atom. The van der Waals surface area contributed by atoms with Gasteiger partial charge >= 0.3 is 0 Å². The highest BCUT2D eigenvalue weighted by atomic mass is 16.5. The molecule has 2 aromatic rings. The molecule has 0 heterocycles. The minimum absolute atomic E-state index is 0.119. The summed E-state index contributed by atoms with van der Waals surface area (Å²) in [5.41, 5.74) is 0.711. The number of rotatable bonds is 4. The van der Waals surface area contributed by atoms with Crippen molar-refractivity contribution in [2.45, 2.75) is 6.92 Å². The van der Waals surface area contributed by atoms with E-state index in [-0.39, 0.29) is 5.91 Å². The van der Waals surface area contributed by atoms with Crippen molar-refractivity contribution in [2.75, 3.05) is 5.32 Å². The van der Waals surface area contributed by atoms with Crippen LogP contribution in [0.1, 0.15) is 6.92 Å². The summed E-state index contributed by atoms with van der Waals surface area (Å²) in [5.74, 6) is 1.61. The lowest BCUT2D eigenvalue weighted by molar-refractivity contribution is -0.114. The molecule has 20 heavy (non-hydrogen) atoms. The molecule has 0 aliphatic rings. The highest BCUT2D eigenvalue weighted by Gasteiger charge is 2.00. The van der Waals surface area contributed by atoms with Crippen molar-refractivity contribution in [1.29, 1.82) is 5.26 Å². The topological polar surface area (TPSA) is 71.3 Å². The van der Waals surface area contributed by atoms with Crippen LogP contribution in [-0.4, -0.2) is 5.91 Å². The molecule has 0 aliphatic heterocycles. The second-order valence-corrected chi connectivity index (χ2v) is 3.97. The molecule has 2 rings (SSSR count). The largest absolute Gasteiger partial charge is 0.457 e. The highest BCUT2D eigenvalue weighted by Crippen LogP contribution is 2.24. The maximum Gasteiger partial charge on any atom is 0.292 e. The molecule has 2 aromatic carbocycles. The molecule has 5 heteroatoms. The molecule has 0 unspecified atom stereocenters. The number of benzene rings is 2. The van der Waals surface area contributed by atoms with E-state index >= 15 is 0 Å². The average Bonchev–Trinajstić information content (AvgIpc) is 2.43. The summed E-state index contributed by atoms with van der Waals surface area (Å²) in [6, 6.07) is 13.7. The standard InChI is InChI=1S/C15H12N2O3/c1-11(18)17-12-2-4-14(5-3-12)20-15-8-6-13(7-9-15)19-10-16/h2-9H,1H3,(H,17,18). The van der Waals surface area contributed by atoms with Crippen molar-refractivity contribution in [3.05, 3.63) is 48.5 Å². The third kappa shape index (κ3) is 3.75. The lowest BCUT2D eigenvalue weighted by Gasteiger charge is -2.07. The number of anilines is 1. The van der Waals surface area contributed by atoms with E-state index in [4.69, 9.17) is 10.00 Å². The maximum atomic E-state index is 10.9. The first-order valence-corrected chi connectivity index (χ1v) is 5.89. The molecule has 0 aromatic heterocycles. The number of hydrogen-bond donors (Lipinski definition) is 1. The Morgan fingerprint density at radius 2 is 1.50 bits per heavy atom. The number of ether oxygens (including phenoxy) is 2. The quantitative estimate of drug-likeness (QED) is 0.863. The lowest BCUT2D eigenvalue weighted by Crippen LogP contribution is -2.05. The van der Waals surface area contributed by atoms with Gasteiger partial charge in [-0.15, -0.1) is 5.26 Å². The molecule has 1 N–H and O–H groups in total. The number of nitrogens with zero attached hydrogens (tertiary/aromatic N) is 1. The molecular weight excluding hydrogens is 256 g/mol. The van der Waals surface area contributed by atoms with Gasteiger partial charge in [-0.25, -0.2) is 0 Å². The van der Waals surface area contributed by atoms with Crippen LogP contribution in [0.5, 0.6) is 17.2 Å². The maximum absolute atomic E-state index is 10.9. The van der Waals surface area contributed by atoms with Gasteiger partial charge in [0.15, 0.2) is 0 Å². The van der Waals surface area contributed by atoms with Gasteiger partial charge in [0.1, 0.15) is 17.2 Å². The Bertz CT molecular complexity index is 628. The number of hydrogen-bond acceptors (Lipinski definition) is 4. The minimum atomic E-state index is -0.119. The van der Waals surface area contributed by atoms with Crippen LogP contribution < -0.4 is 14.8 Å². The number of carbonyl (C=O) groups excluding carboxylic acids is 1. The van der Waals surface area contributed by atoms with Crippen molar-refractivity contribution in [2.24, 2.45) is 0 Å². The van der Waals surface area contributed by atoms with E-state index < -0.39 is 0 Å². The Labute approximate surface area is 116 Å². The molecule has 0 aliphatic carbocycles. The third-order valence-electron chi connectivity index (χ3n) is 2.40. The summed E-state index contributed by atoms with van der Waals surface area (Å²) < 4.78 is 10.3. The van der Waals surface area contributed by atoms with Crippen LogP contribution in [0.15, 0.2) is 48.5 Å². The molecule has 0 spiro atoms. The first-order valence-electron chi connectivity index (χ1n) is 5.89. The van der Waals surface area contributed by atoms with Gasteiger partial charge in [-0.2, -0.15) is 0 Å². The smallest absolute Gasteiger partial charge is 0.292 e. The summed E-state index contributed by atoms with van der Waals surface area (Å²) in [4.78, 5) is 10.9. The van der Waals surface area contributed by atoms with Gasteiger partial charge in [-0.3, -0.25) is 4.79 Å². The Kier molecular flexibility index (Phi) is 4.20. The molecule has 100 valence electrons. The summed E-state index contributed by atoms with van der Waals surface area (Å²) in [5, 5.41) is 11.1. The second-order valence-electron chi connectivity index (χ2n) is 3.97. The van der Waals surface area contributed by atoms with Gasteiger partial charge in [0.25, 0.3) is 6.26 Å². The first-order chi connectivity index (χ1) is 9.67. The lowest BCUT2D eigenvalue weighted by atomic mass is 10.3. The van der Waals surface area contributed by atoms with E-state index in [1.165, 1.54) is 6.92 Å². The van der Waals surface area contributed by atoms with E-state index in [1.807, 2.05) is 0 Å². The fraction of sp³-hybridized carbons (Fsp3) is 0.0667. The summed E-state index contributed by atoms with van der Waals surface area (Å²) in [6.45, 7) is 1.45. The fourth-order valence-electron chi connectivity index (χ4n) is 1.57. The molecule has 0 fully saturated rings. The van der Waals surface area contributed by atoms with Crippen LogP contribution in [0.3, 0.4) is 0 Å². The van der Waals surface area contributed by atoms with Crippen LogP contribution in [0.25, 0.3) is 0 Å². The van der Waals surface area contributed by atoms with E-state index in [1.54, 1.807) is 54.8 Å². The molecule has 0 radical (unpaired) electrons. The SMILES string of the molecule is CC(=O)Nc1ccc(Oc2ccc(OC#N)cc2)cc1. The normalized spacial score (nSPS) is 9.40. The highest BCUT2D eigenvalue weighted by molar-refractivity contribution is 5.88. The van der Waals surface area contributed by atoms with Gasteiger partial charge in [0.05, 0.1) is 0 Å². The van der Waals surface area contributed by atoms with Crippen molar-refractivity contribution >= 4 is 11.6 Å². The molecular formula is C15H12N2O3. The Morgan fingerprint density at radius 3 is 2.00 bits per heavy atom. The molecule has 5 nitrogen and oxygen atoms in total. The van der Waals surface area contributed by atoms with Crippen LogP contribution in [0, 0.1) is 11.5 Å². The third-order valence-corrected chi connectivity index (χ3v) is 2.40. The zero-order valence-corrected chi connectivity index (χ0v) is 10.8. The summed E-state index contributed by atoms with van der Waals surface area (Å²) >= 11 is 0. The van der Waals surface area contributed by atoms with Crippen LogP contribution in [0.2, 0.25) is 0 Å². The summed E-state index contributed by atoms with van der Waals surface area (Å²) in [6.07, 6.45) is 1.60. The van der Waals surface area contributed by atoms with Crippen molar-refractivity contribution in [1.82, 2.24) is 0 Å². The van der Waals surface area contributed by atoms with Crippen molar-refractivity contribution in [3.8, 4) is 23.5 Å². The number of nitriles is 1. The van der Waals surface area contributed by atoms with E-state index in [2.05, 4.69) is 10.1 Å². The van der Waals surface area contributed by atoms with Gasteiger partial charge in [-0.1, -0.05) is 0 Å². The van der Waals surface area contributed by atoms with Crippen molar-refractivity contribution in [3.63, 3.8) is 0 Å². The van der Waals surface area contributed by atoms with E-state index in [0.29, 0.717) is 22.9 Å². The van der Waals surface area contributed by atoms with Crippen LogP contribution >= 0.6 is 0 Å². The molecule has 0 atom stereocenters. The predicted octanol–water partition coefficient (Wildman–Crippen LogP) is 3.30. The van der Waals surface area contributed by atoms with Gasteiger partial charge in [0.2, 0.25) is 5.91 Å². The predicted molar refractivity (Wildman–Crippen MR) is 73.5 cm³/mol. The Hall–Kier alpha value is -3.00. The monoisotopic (exact) mass is 268 g/mol.